The zero-order valence-electron chi connectivity index (χ0n) is 12.7. The van der Waals surface area contributed by atoms with Gasteiger partial charge >= 0.3 is 27.3 Å². The van der Waals surface area contributed by atoms with Crippen molar-refractivity contribution < 1.29 is 9.90 Å². The molecule has 0 fully saturated rings. The van der Waals surface area contributed by atoms with Gasteiger partial charge in [-0.1, -0.05) is 84.0 Å². The molecular weight excluding hydrogens is 431 g/mol. The van der Waals surface area contributed by atoms with Crippen LogP contribution in [0.4, 0.5) is 0 Å². The standard InChI is InChI=1S/C16H32O2.Pb/c1-2-3-4-5-6-7-8-9-10-11-12-13-14-15-16(17)18;/h2-15H2,1H3,(H,17,18);/q;+2/p-1. The second-order valence-electron chi connectivity index (χ2n) is 5.36. The molecule has 0 N–H and O–H groups in total. The first-order valence-corrected chi connectivity index (χ1v) is 7.97. The number of hydrogen-bond acceptors (Lipinski definition) is 2. The molecule has 2 radical (unpaired) electrons. The molecule has 0 atom stereocenters. The molecule has 19 heavy (non-hydrogen) atoms. The molecule has 0 spiro atoms. The number of carboxylic acid groups (broad SMARTS) is 1. The van der Waals surface area contributed by atoms with Gasteiger partial charge in [0.1, 0.15) is 0 Å². The van der Waals surface area contributed by atoms with Gasteiger partial charge in [-0.2, -0.15) is 0 Å². The first-order chi connectivity index (χ1) is 8.77. The summed E-state index contributed by atoms with van der Waals surface area (Å²) in [5.74, 6) is -0.905. The summed E-state index contributed by atoms with van der Waals surface area (Å²) in [5.41, 5.74) is 0. The van der Waals surface area contributed by atoms with Gasteiger partial charge in [-0.05, 0) is 12.8 Å². The third-order valence-electron chi connectivity index (χ3n) is 3.48. The first-order valence-electron chi connectivity index (χ1n) is 7.97. The summed E-state index contributed by atoms with van der Waals surface area (Å²) in [7, 11) is 0. The van der Waals surface area contributed by atoms with Gasteiger partial charge in [0, 0.05) is 5.97 Å². The molecule has 0 bridgehead atoms. The number of aliphatic carboxylic acids is 1. The van der Waals surface area contributed by atoms with Crippen LogP contribution in [0.15, 0.2) is 0 Å². The Morgan fingerprint density at radius 3 is 1.32 bits per heavy atom. The van der Waals surface area contributed by atoms with Gasteiger partial charge in [0.25, 0.3) is 0 Å². The Balaban J connectivity index is 0. The monoisotopic (exact) mass is 463 g/mol. The van der Waals surface area contributed by atoms with Gasteiger partial charge in [0.05, 0.1) is 0 Å². The fraction of sp³-hybridized carbons (Fsp3) is 0.938. The molecule has 0 unspecified atom stereocenters. The minimum atomic E-state index is -0.905. The van der Waals surface area contributed by atoms with Crippen molar-refractivity contribution in [3.05, 3.63) is 0 Å². The molecule has 0 aliphatic rings. The Kier molecular flexibility index (Phi) is 21.0. The van der Waals surface area contributed by atoms with Crippen LogP contribution < -0.4 is 5.11 Å². The number of carbonyl (C=O) groups excluding carboxylic acids is 1. The molecule has 0 aromatic carbocycles. The Hall–Kier alpha value is 0.392. The van der Waals surface area contributed by atoms with E-state index in [0.29, 0.717) is 0 Å². The molecule has 2 nitrogen and oxygen atoms in total. The van der Waals surface area contributed by atoms with Crippen LogP contribution in [0.25, 0.3) is 0 Å². The maximum Gasteiger partial charge on any atom is 2.00 e. The predicted octanol–water partition coefficient (Wildman–Crippen LogP) is 3.84. The zero-order valence-corrected chi connectivity index (χ0v) is 16.6. The maximum absolute atomic E-state index is 10.2. The summed E-state index contributed by atoms with van der Waals surface area (Å²) in [5, 5.41) is 10.2. The van der Waals surface area contributed by atoms with Crippen molar-refractivity contribution in [2.45, 2.75) is 96.8 Å². The van der Waals surface area contributed by atoms with Gasteiger partial charge in [-0.15, -0.1) is 0 Å². The largest absolute Gasteiger partial charge is 2.00 e. The fourth-order valence-electron chi connectivity index (χ4n) is 2.29. The normalized spacial score (nSPS) is 10.2. The average molecular weight is 463 g/mol. The zero-order chi connectivity index (χ0) is 13.5. The molecular formula is C16H31O2Pb+. The van der Waals surface area contributed by atoms with Crippen LogP contribution in [-0.2, 0) is 4.79 Å². The van der Waals surface area contributed by atoms with Crippen molar-refractivity contribution in [1.82, 2.24) is 0 Å². The van der Waals surface area contributed by atoms with E-state index in [1.807, 2.05) is 0 Å². The van der Waals surface area contributed by atoms with Crippen LogP contribution in [-0.4, -0.2) is 33.3 Å². The van der Waals surface area contributed by atoms with Crippen molar-refractivity contribution in [3.8, 4) is 0 Å². The molecule has 0 aromatic heterocycles. The summed E-state index contributed by atoms with van der Waals surface area (Å²) < 4.78 is 0. The SMILES string of the molecule is CCCCCCCCCCCCCCCC(=O)[O-].[Pb+2]. The first kappa shape index (κ1) is 21.7. The molecule has 0 rings (SSSR count). The third-order valence-corrected chi connectivity index (χ3v) is 3.48. The van der Waals surface area contributed by atoms with Crippen molar-refractivity contribution in [3.63, 3.8) is 0 Å². The second-order valence-corrected chi connectivity index (χ2v) is 5.36. The smallest absolute Gasteiger partial charge is 0.550 e. The van der Waals surface area contributed by atoms with Crippen LogP contribution in [0.5, 0.6) is 0 Å². The van der Waals surface area contributed by atoms with E-state index in [4.69, 9.17) is 0 Å². The topological polar surface area (TPSA) is 40.1 Å². The molecule has 110 valence electrons. The summed E-state index contributed by atoms with van der Waals surface area (Å²) in [6, 6.07) is 0. The summed E-state index contributed by atoms with van der Waals surface area (Å²) >= 11 is 0. The van der Waals surface area contributed by atoms with Gasteiger partial charge in [-0.3, -0.25) is 0 Å². The summed E-state index contributed by atoms with van der Waals surface area (Å²) in [4.78, 5) is 10.2. The number of unbranched alkanes of at least 4 members (excludes halogenated alkanes) is 12. The molecule has 3 heteroatoms. The summed E-state index contributed by atoms with van der Waals surface area (Å²) in [6.45, 7) is 2.26. The molecule has 0 aromatic rings. The van der Waals surface area contributed by atoms with E-state index >= 15 is 0 Å². The number of carbonyl (C=O) groups is 1. The van der Waals surface area contributed by atoms with E-state index in [-0.39, 0.29) is 33.7 Å². The Morgan fingerprint density at radius 1 is 0.684 bits per heavy atom. The van der Waals surface area contributed by atoms with Gasteiger partial charge in [-0.25, -0.2) is 0 Å². The fourth-order valence-corrected chi connectivity index (χ4v) is 2.29. The van der Waals surface area contributed by atoms with Crippen LogP contribution >= 0.6 is 0 Å². The van der Waals surface area contributed by atoms with Crippen LogP contribution in [0.3, 0.4) is 0 Å². The molecule has 0 saturated carbocycles. The van der Waals surface area contributed by atoms with E-state index in [1.54, 1.807) is 0 Å². The van der Waals surface area contributed by atoms with Crippen molar-refractivity contribution in [1.29, 1.82) is 0 Å². The Morgan fingerprint density at radius 2 is 1.00 bits per heavy atom. The van der Waals surface area contributed by atoms with E-state index in [2.05, 4.69) is 6.92 Å². The quantitative estimate of drug-likeness (QED) is 0.291. The van der Waals surface area contributed by atoms with Crippen LogP contribution in [0.1, 0.15) is 96.8 Å². The van der Waals surface area contributed by atoms with Crippen molar-refractivity contribution in [2.24, 2.45) is 0 Å². The second kappa shape index (κ2) is 18.4. The number of rotatable bonds is 14. The van der Waals surface area contributed by atoms with Gasteiger partial charge < -0.3 is 9.90 Å². The number of carboxylic acids is 1. The minimum Gasteiger partial charge on any atom is -0.550 e. The molecule has 0 amide bonds. The van der Waals surface area contributed by atoms with E-state index < -0.39 is 5.97 Å². The van der Waals surface area contributed by atoms with Gasteiger partial charge in [0.2, 0.25) is 0 Å². The molecule has 0 aliphatic heterocycles. The Bertz CT molecular complexity index is 184. The molecule has 0 aliphatic carbocycles. The number of hydrogen-bond donors (Lipinski definition) is 0. The van der Waals surface area contributed by atoms with E-state index in [0.717, 1.165) is 12.8 Å². The molecule has 0 saturated heterocycles. The van der Waals surface area contributed by atoms with E-state index in [1.165, 1.54) is 70.6 Å². The summed E-state index contributed by atoms with van der Waals surface area (Å²) in [6.07, 6.45) is 16.9. The predicted molar refractivity (Wildman–Crippen MR) is 81.1 cm³/mol. The van der Waals surface area contributed by atoms with Crippen LogP contribution in [0, 0.1) is 0 Å². The third kappa shape index (κ3) is 20.9. The Labute approximate surface area is 139 Å². The van der Waals surface area contributed by atoms with Crippen LogP contribution in [0.2, 0.25) is 0 Å². The van der Waals surface area contributed by atoms with Crippen molar-refractivity contribution >= 4 is 33.3 Å². The maximum atomic E-state index is 10.2. The molecule has 0 heterocycles. The van der Waals surface area contributed by atoms with Crippen molar-refractivity contribution in [2.75, 3.05) is 0 Å². The minimum absolute atomic E-state index is 0. The van der Waals surface area contributed by atoms with Gasteiger partial charge in [0.15, 0.2) is 0 Å². The average Bonchev–Trinajstić information content (AvgIpc) is 2.34. The van der Waals surface area contributed by atoms with E-state index in [9.17, 15) is 9.90 Å².